The summed E-state index contributed by atoms with van der Waals surface area (Å²) >= 11 is 2.50. The average molecular weight is 263 g/mol. The lowest BCUT2D eigenvalue weighted by Crippen LogP contribution is -2.17. The molecule has 0 aromatic carbocycles. The van der Waals surface area contributed by atoms with Gasteiger partial charge in [-0.05, 0) is 6.92 Å². The Bertz CT molecular complexity index is 345. The van der Waals surface area contributed by atoms with Crippen LogP contribution in [0.3, 0.4) is 0 Å². The second-order valence-corrected chi connectivity index (χ2v) is 5.18. The molecule has 1 aromatic heterocycles. The van der Waals surface area contributed by atoms with Crippen molar-refractivity contribution in [2.45, 2.75) is 17.4 Å². The van der Waals surface area contributed by atoms with E-state index in [0.717, 1.165) is 11.8 Å². The highest BCUT2D eigenvalue weighted by atomic mass is 32.2. The molecule has 8 heteroatoms. The van der Waals surface area contributed by atoms with Crippen molar-refractivity contribution < 1.29 is 14.6 Å². The number of methoxy groups -OCH3 is 1. The summed E-state index contributed by atoms with van der Waals surface area (Å²) in [7, 11) is 1.64. The Hall–Kier alpha value is -0.860. The molecule has 0 fully saturated rings. The molecule has 0 aliphatic heterocycles. The second kappa shape index (κ2) is 6.66. The molecule has 1 aromatic rings. The van der Waals surface area contributed by atoms with E-state index in [-0.39, 0.29) is 11.9 Å². The van der Waals surface area contributed by atoms with Gasteiger partial charge in [0, 0.05) is 13.7 Å². The highest BCUT2D eigenvalue weighted by Crippen LogP contribution is 2.25. The first kappa shape index (κ1) is 13.2. The number of aromatic nitrogens is 2. The van der Waals surface area contributed by atoms with E-state index in [2.05, 4.69) is 15.5 Å². The molecule has 2 N–H and O–H groups in total. The number of anilines is 1. The van der Waals surface area contributed by atoms with Gasteiger partial charge in [-0.3, -0.25) is 4.79 Å². The van der Waals surface area contributed by atoms with Gasteiger partial charge in [0.1, 0.15) is 0 Å². The number of rotatable bonds is 7. The topological polar surface area (TPSA) is 84.3 Å². The third-order valence-corrected chi connectivity index (χ3v) is 3.67. The Balaban J connectivity index is 2.36. The van der Waals surface area contributed by atoms with Crippen LogP contribution in [0.15, 0.2) is 4.34 Å². The third-order valence-electron chi connectivity index (χ3n) is 1.67. The van der Waals surface area contributed by atoms with Crippen LogP contribution < -0.4 is 5.32 Å². The minimum atomic E-state index is -0.859. The predicted molar refractivity (Wildman–Crippen MR) is 63.2 cm³/mol. The normalized spacial score (nSPS) is 12.4. The monoisotopic (exact) mass is 263 g/mol. The quantitative estimate of drug-likeness (QED) is 0.714. The van der Waals surface area contributed by atoms with Crippen LogP contribution in [-0.2, 0) is 9.53 Å². The van der Waals surface area contributed by atoms with Crippen LogP contribution in [0.4, 0.5) is 5.13 Å². The van der Waals surface area contributed by atoms with E-state index >= 15 is 0 Å². The van der Waals surface area contributed by atoms with E-state index in [1.807, 2.05) is 6.92 Å². The van der Waals surface area contributed by atoms with Crippen LogP contribution >= 0.6 is 23.1 Å². The van der Waals surface area contributed by atoms with E-state index < -0.39 is 5.97 Å². The zero-order chi connectivity index (χ0) is 12.0. The molecule has 0 aliphatic carbocycles. The number of hydrogen-bond donors (Lipinski definition) is 2. The van der Waals surface area contributed by atoms with E-state index in [1.54, 1.807) is 7.11 Å². The predicted octanol–water partition coefficient (Wildman–Crippen LogP) is 1.16. The zero-order valence-corrected chi connectivity index (χ0v) is 10.6. The molecule has 0 amide bonds. The lowest BCUT2D eigenvalue weighted by Gasteiger charge is -2.08. The lowest BCUT2D eigenvalue weighted by atomic mass is 10.4. The SMILES string of the molecule is COC(C)CNc1nnc(SCC(=O)O)s1. The maximum atomic E-state index is 10.3. The van der Waals surface area contributed by atoms with Crippen molar-refractivity contribution in [1.82, 2.24) is 10.2 Å². The van der Waals surface area contributed by atoms with Gasteiger partial charge >= 0.3 is 5.97 Å². The van der Waals surface area contributed by atoms with E-state index in [4.69, 9.17) is 9.84 Å². The number of aliphatic carboxylic acids is 1. The molecule has 0 saturated carbocycles. The number of ether oxygens (including phenoxy) is 1. The summed E-state index contributed by atoms with van der Waals surface area (Å²) in [5, 5.41) is 20.0. The first-order chi connectivity index (χ1) is 7.61. The second-order valence-electron chi connectivity index (χ2n) is 2.98. The van der Waals surface area contributed by atoms with Crippen molar-refractivity contribution in [1.29, 1.82) is 0 Å². The van der Waals surface area contributed by atoms with Crippen molar-refractivity contribution in [2.75, 3.05) is 24.7 Å². The molecule has 0 radical (unpaired) electrons. The Labute approximate surface area is 101 Å². The summed E-state index contributed by atoms with van der Waals surface area (Å²) in [6, 6.07) is 0. The molecule has 1 heterocycles. The van der Waals surface area contributed by atoms with Crippen LogP contribution in [0.1, 0.15) is 6.92 Å². The van der Waals surface area contributed by atoms with Crippen LogP contribution in [-0.4, -0.2) is 46.8 Å². The Kier molecular flexibility index (Phi) is 5.50. The molecule has 1 rings (SSSR count). The molecular formula is C8H13N3O3S2. The molecule has 16 heavy (non-hydrogen) atoms. The maximum absolute atomic E-state index is 10.3. The minimum absolute atomic E-state index is 0.00308. The zero-order valence-electron chi connectivity index (χ0n) is 8.97. The highest BCUT2D eigenvalue weighted by Gasteiger charge is 2.07. The van der Waals surface area contributed by atoms with Gasteiger partial charge in [-0.2, -0.15) is 0 Å². The molecule has 0 bridgehead atoms. The van der Waals surface area contributed by atoms with Gasteiger partial charge in [0.05, 0.1) is 11.9 Å². The molecule has 0 saturated heterocycles. The smallest absolute Gasteiger partial charge is 0.313 e. The van der Waals surface area contributed by atoms with Gasteiger partial charge < -0.3 is 15.2 Å². The Morgan fingerprint density at radius 3 is 3.06 bits per heavy atom. The number of carbonyl (C=O) groups is 1. The first-order valence-corrected chi connectivity index (χ1v) is 6.36. The summed E-state index contributed by atoms with van der Waals surface area (Å²) in [4.78, 5) is 10.3. The van der Waals surface area contributed by atoms with Crippen molar-refractivity contribution in [2.24, 2.45) is 0 Å². The number of nitrogens with one attached hydrogen (secondary N) is 1. The molecular weight excluding hydrogens is 250 g/mol. The molecule has 1 unspecified atom stereocenters. The molecule has 6 nitrogen and oxygen atoms in total. The summed E-state index contributed by atoms with van der Waals surface area (Å²) < 4.78 is 5.72. The van der Waals surface area contributed by atoms with E-state index in [9.17, 15) is 4.79 Å². The number of hydrogen-bond acceptors (Lipinski definition) is 7. The average Bonchev–Trinajstić information content (AvgIpc) is 2.71. The number of nitrogens with zero attached hydrogens (tertiary/aromatic N) is 2. The van der Waals surface area contributed by atoms with E-state index in [1.165, 1.54) is 11.3 Å². The largest absolute Gasteiger partial charge is 0.481 e. The Morgan fingerprint density at radius 1 is 1.69 bits per heavy atom. The molecule has 1 atom stereocenters. The third kappa shape index (κ3) is 4.77. The first-order valence-electron chi connectivity index (χ1n) is 4.56. The van der Waals surface area contributed by atoms with Crippen LogP contribution in [0.5, 0.6) is 0 Å². The number of thioether (sulfide) groups is 1. The summed E-state index contributed by atoms with van der Waals surface area (Å²) in [6.07, 6.45) is 0.0963. The minimum Gasteiger partial charge on any atom is -0.481 e. The number of carboxylic acid groups (broad SMARTS) is 1. The van der Waals surface area contributed by atoms with Crippen molar-refractivity contribution in [3.63, 3.8) is 0 Å². The van der Waals surface area contributed by atoms with Gasteiger partial charge in [-0.15, -0.1) is 10.2 Å². The van der Waals surface area contributed by atoms with Crippen LogP contribution in [0.2, 0.25) is 0 Å². The summed E-state index contributed by atoms with van der Waals surface area (Å²) in [5.41, 5.74) is 0. The lowest BCUT2D eigenvalue weighted by molar-refractivity contribution is -0.133. The van der Waals surface area contributed by atoms with Crippen molar-refractivity contribution >= 4 is 34.2 Å². The number of carboxylic acids is 1. The molecule has 0 spiro atoms. The van der Waals surface area contributed by atoms with Crippen molar-refractivity contribution in [3.8, 4) is 0 Å². The van der Waals surface area contributed by atoms with Crippen LogP contribution in [0.25, 0.3) is 0 Å². The van der Waals surface area contributed by atoms with Gasteiger partial charge in [0.15, 0.2) is 4.34 Å². The van der Waals surface area contributed by atoms with Gasteiger partial charge in [0.25, 0.3) is 0 Å². The van der Waals surface area contributed by atoms with Gasteiger partial charge in [0.2, 0.25) is 5.13 Å². The van der Waals surface area contributed by atoms with E-state index in [0.29, 0.717) is 16.0 Å². The summed E-state index contributed by atoms with van der Waals surface area (Å²) in [6.45, 7) is 2.59. The fourth-order valence-corrected chi connectivity index (χ4v) is 2.26. The molecule has 90 valence electrons. The summed E-state index contributed by atoms with van der Waals surface area (Å²) in [5.74, 6) is -0.856. The molecule has 0 aliphatic rings. The standard InChI is InChI=1S/C8H13N3O3S2/c1-5(14-2)3-9-7-10-11-8(16-7)15-4-6(12)13/h5H,3-4H2,1-2H3,(H,9,10)(H,12,13). The fraction of sp³-hybridized carbons (Fsp3) is 0.625. The van der Waals surface area contributed by atoms with Crippen molar-refractivity contribution in [3.05, 3.63) is 0 Å². The van der Waals surface area contributed by atoms with Crippen LogP contribution in [0, 0.1) is 0 Å². The highest BCUT2D eigenvalue weighted by molar-refractivity contribution is 8.01. The fourth-order valence-electron chi connectivity index (χ4n) is 0.777. The van der Waals surface area contributed by atoms with Gasteiger partial charge in [-0.1, -0.05) is 23.1 Å². The maximum Gasteiger partial charge on any atom is 0.313 e. The van der Waals surface area contributed by atoms with Gasteiger partial charge in [-0.25, -0.2) is 0 Å². The Morgan fingerprint density at radius 2 is 2.44 bits per heavy atom.